The molecule has 1 heteroatoms. The van der Waals surface area contributed by atoms with Crippen molar-refractivity contribution in [2.45, 2.75) is 34.1 Å². The highest BCUT2D eigenvalue weighted by Crippen LogP contribution is 2.53. The van der Waals surface area contributed by atoms with Gasteiger partial charge in [0, 0.05) is 10.8 Å². The molecule has 106 valence electrons. The normalized spacial score (nSPS) is 28.4. The van der Waals surface area contributed by atoms with E-state index in [1.807, 2.05) is 0 Å². The summed E-state index contributed by atoms with van der Waals surface area (Å²) in [6.45, 7) is 11.7. The van der Waals surface area contributed by atoms with E-state index in [0.29, 0.717) is 5.41 Å². The average Bonchev–Trinajstić information content (AvgIpc) is 2.40. The third-order valence-corrected chi connectivity index (χ3v) is 5.20. The van der Waals surface area contributed by atoms with E-state index in [2.05, 4.69) is 69.4 Å². The second-order valence-electron chi connectivity index (χ2n) is 7.22. The van der Waals surface area contributed by atoms with Crippen molar-refractivity contribution >= 4 is 5.57 Å². The van der Waals surface area contributed by atoms with Gasteiger partial charge in [0.1, 0.15) is 0 Å². The molecule has 0 saturated heterocycles. The van der Waals surface area contributed by atoms with Crippen molar-refractivity contribution in [3.8, 4) is 0 Å². The molecule has 1 aliphatic carbocycles. The van der Waals surface area contributed by atoms with Gasteiger partial charge in [-0.2, -0.15) is 0 Å². The van der Waals surface area contributed by atoms with E-state index in [0.717, 1.165) is 6.54 Å². The second kappa shape index (κ2) is 4.60. The smallest absolute Gasteiger partial charge is 0.0945 e. The number of rotatable bonds is 1. The summed E-state index contributed by atoms with van der Waals surface area (Å²) in [6.07, 6.45) is 6.13. The molecule has 1 nitrogen and oxygen atoms in total. The first-order valence-corrected chi connectivity index (χ1v) is 7.74. The summed E-state index contributed by atoms with van der Waals surface area (Å²) in [5.74, 6) is 0. The molecular formula is C19H26N+. The zero-order valence-electron chi connectivity index (χ0n) is 13.2. The molecule has 0 amide bonds. The Labute approximate surface area is 122 Å². The minimum Gasteiger partial charge on any atom is -0.342 e. The van der Waals surface area contributed by atoms with Gasteiger partial charge in [-0.15, -0.1) is 0 Å². The van der Waals surface area contributed by atoms with E-state index in [4.69, 9.17) is 0 Å². The van der Waals surface area contributed by atoms with E-state index < -0.39 is 0 Å². The Kier molecular flexibility index (Phi) is 3.13. The Hall–Kier alpha value is -1.34. The summed E-state index contributed by atoms with van der Waals surface area (Å²) in [6, 6.07) is 9.01. The Bertz CT molecular complexity index is 574. The van der Waals surface area contributed by atoms with Gasteiger partial charge in [-0.3, -0.25) is 0 Å². The van der Waals surface area contributed by atoms with Crippen molar-refractivity contribution in [3.05, 3.63) is 53.1 Å². The zero-order chi connectivity index (χ0) is 14.4. The largest absolute Gasteiger partial charge is 0.342 e. The van der Waals surface area contributed by atoms with E-state index in [-0.39, 0.29) is 5.41 Å². The second-order valence-corrected chi connectivity index (χ2v) is 7.22. The maximum atomic E-state index is 2.49. The topological polar surface area (TPSA) is 16.6 Å². The Morgan fingerprint density at radius 1 is 1.00 bits per heavy atom. The lowest BCUT2D eigenvalue weighted by atomic mass is 9.58. The SMILES string of the molecule is Cc1ccc(C2=CC[C@]3(C)C[NH2+]CC=C3C2(C)C)cc1. The van der Waals surface area contributed by atoms with Crippen LogP contribution in [0.1, 0.15) is 38.3 Å². The molecule has 2 N–H and O–H groups in total. The molecule has 3 rings (SSSR count). The summed E-state index contributed by atoms with van der Waals surface area (Å²) in [5, 5.41) is 2.43. The summed E-state index contributed by atoms with van der Waals surface area (Å²) in [7, 11) is 0. The number of hydrogen-bond acceptors (Lipinski definition) is 0. The summed E-state index contributed by atoms with van der Waals surface area (Å²) in [5.41, 5.74) is 6.36. The van der Waals surface area contributed by atoms with Crippen LogP contribution in [0.15, 0.2) is 42.0 Å². The highest BCUT2D eigenvalue weighted by molar-refractivity contribution is 5.75. The molecular weight excluding hydrogens is 242 g/mol. The van der Waals surface area contributed by atoms with Crippen LogP contribution in [0.2, 0.25) is 0 Å². The fraction of sp³-hybridized carbons (Fsp3) is 0.474. The van der Waals surface area contributed by atoms with E-state index in [1.165, 1.54) is 29.7 Å². The summed E-state index contributed by atoms with van der Waals surface area (Å²) < 4.78 is 0. The predicted octanol–water partition coefficient (Wildman–Crippen LogP) is 3.32. The van der Waals surface area contributed by atoms with E-state index >= 15 is 0 Å². The first-order valence-electron chi connectivity index (χ1n) is 7.74. The molecule has 0 fully saturated rings. The number of aryl methyl sites for hydroxylation is 1. The monoisotopic (exact) mass is 268 g/mol. The molecule has 20 heavy (non-hydrogen) atoms. The third kappa shape index (κ3) is 2.05. The molecule has 0 spiro atoms. The predicted molar refractivity (Wildman–Crippen MR) is 85.4 cm³/mol. The summed E-state index contributed by atoms with van der Waals surface area (Å²) >= 11 is 0. The Balaban J connectivity index is 2.07. The van der Waals surface area contributed by atoms with Crippen LogP contribution in [0.25, 0.3) is 5.57 Å². The lowest BCUT2D eigenvalue weighted by molar-refractivity contribution is -0.660. The van der Waals surface area contributed by atoms with Crippen LogP contribution < -0.4 is 5.32 Å². The van der Waals surface area contributed by atoms with Gasteiger partial charge >= 0.3 is 0 Å². The molecule has 0 bridgehead atoms. The van der Waals surface area contributed by atoms with Crippen LogP contribution in [0, 0.1) is 17.8 Å². The minimum atomic E-state index is 0.149. The number of benzene rings is 1. The molecule has 1 atom stereocenters. The Morgan fingerprint density at radius 2 is 1.70 bits per heavy atom. The molecule has 1 heterocycles. The van der Waals surface area contributed by atoms with Gasteiger partial charge in [-0.25, -0.2) is 0 Å². The molecule has 0 saturated carbocycles. The quantitative estimate of drug-likeness (QED) is 0.753. The van der Waals surface area contributed by atoms with Crippen molar-refractivity contribution in [2.24, 2.45) is 10.8 Å². The van der Waals surface area contributed by atoms with Crippen LogP contribution >= 0.6 is 0 Å². The fourth-order valence-electron chi connectivity index (χ4n) is 4.10. The average molecular weight is 268 g/mol. The molecule has 0 radical (unpaired) electrons. The molecule has 1 aromatic rings. The number of fused-ring (bicyclic) bond motifs is 1. The van der Waals surface area contributed by atoms with E-state index in [9.17, 15) is 0 Å². The minimum absolute atomic E-state index is 0.149. The first kappa shape index (κ1) is 13.6. The highest BCUT2D eigenvalue weighted by Gasteiger charge is 2.45. The molecule has 1 aromatic carbocycles. The maximum absolute atomic E-state index is 2.49. The zero-order valence-corrected chi connectivity index (χ0v) is 13.2. The number of allylic oxidation sites excluding steroid dienone is 2. The fourth-order valence-corrected chi connectivity index (χ4v) is 4.10. The van der Waals surface area contributed by atoms with Crippen LogP contribution in [0.4, 0.5) is 0 Å². The van der Waals surface area contributed by atoms with Crippen molar-refractivity contribution < 1.29 is 5.32 Å². The summed E-state index contributed by atoms with van der Waals surface area (Å²) in [4.78, 5) is 0. The van der Waals surface area contributed by atoms with Crippen molar-refractivity contribution in [3.63, 3.8) is 0 Å². The number of nitrogens with two attached hydrogens (primary N) is 1. The lowest BCUT2D eigenvalue weighted by Crippen LogP contribution is -2.88. The van der Waals surface area contributed by atoms with Crippen molar-refractivity contribution in [1.82, 2.24) is 0 Å². The van der Waals surface area contributed by atoms with Crippen LogP contribution in [0.3, 0.4) is 0 Å². The van der Waals surface area contributed by atoms with Gasteiger partial charge in [0.15, 0.2) is 0 Å². The molecule has 0 aromatic heterocycles. The van der Waals surface area contributed by atoms with Gasteiger partial charge in [0.05, 0.1) is 13.1 Å². The first-order chi connectivity index (χ1) is 9.43. The lowest BCUT2D eigenvalue weighted by Gasteiger charge is -2.47. The molecule has 2 aliphatic rings. The van der Waals surface area contributed by atoms with Gasteiger partial charge < -0.3 is 5.32 Å². The van der Waals surface area contributed by atoms with Crippen molar-refractivity contribution in [1.29, 1.82) is 0 Å². The van der Waals surface area contributed by atoms with Crippen LogP contribution in [0.5, 0.6) is 0 Å². The highest BCUT2D eigenvalue weighted by atomic mass is 14.9. The van der Waals surface area contributed by atoms with E-state index in [1.54, 1.807) is 5.57 Å². The van der Waals surface area contributed by atoms with Gasteiger partial charge in [0.2, 0.25) is 0 Å². The van der Waals surface area contributed by atoms with Crippen LogP contribution in [-0.4, -0.2) is 13.1 Å². The number of quaternary nitrogens is 1. The maximum Gasteiger partial charge on any atom is 0.0945 e. The molecule has 0 unspecified atom stereocenters. The van der Waals surface area contributed by atoms with Crippen LogP contribution in [-0.2, 0) is 0 Å². The Morgan fingerprint density at radius 3 is 2.40 bits per heavy atom. The van der Waals surface area contributed by atoms with Gasteiger partial charge in [-0.05, 0) is 36.1 Å². The number of hydrogen-bond donors (Lipinski definition) is 1. The third-order valence-electron chi connectivity index (χ3n) is 5.20. The van der Waals surface area contributed by atoms with Gasteiger partial charge in [0.25, 0.3) is 0 Å². The van der Waals surface area contributed by atoms with Crippen molar-refractivity contribution in [2.75, 3.05) is 13.1 Å². The van der Waals surface area contributed by atoms with Gasteiger partial charge in [-0.1, -0.05) is 56.7 Å². The standard InChI is InChI=1S/C19H25N/c1-14-5-7-15(8-6-14)16-9-11-19(4)13-20-12-10-17(19)18(16,2)3/h5-10,20H,11-13H2,1-4H3/p+1/t19-/m1/s1. The molecule has 1 aliphatic heterocycles.